The van der Waals surface area contributed by atoms with Gasteiger partial charge in [-0.3, -0.25) is 0 Å². The minimum Gasteiger partial charge on any atom is -0.394 e. The number of rotatable bonds is 3. The maximum absolute atomic E-state index is 9.88. The number of hydrogen-bond acceptors (Lipinski definition) is 6. The van der Waals surface area contributed by atoms with E-state index in [4.69, 9.17) is 21.1 Å². The van der Waals surface area contributed by atoms with Crippen molar-refractivity contribution in [2.75, 3.05) is 13.2 Å². The molecule has 1 saturated heterocycles. The highest BCUT2D eigenvalue weighted by Gasteiger charge is 2.40. The van der Waals surface area contributed by atoms with Crippen LogP contribution >= 0.6 is 11.6 Å². The fourth-order valence-corrected chi connectivity index (χ4v) is 2.16. The molecule has 1 aliphatic heterocycles. The van der Waals surface area contributed by atoms with Gasteiger partial charge in [0.15, 0.2) is 6.29 Å². The highest BCUT2D eigenvalue weighted by atomic mass is 35.5. The van der Waals surface area contributed by atoms with Gasteiger partial charge in [0.2, 0.25) is 0 Å². The quantitative estimate of drug-likeness (QED) is 0.619. The van der Waals surface area contributed by atoms with E-state index >= 15 is 0 Å². The summed E-state index contributed by atoms with van der Waals surface area (Å²) in [7, 11) is 0. The van der Waals surface area contributed by atoms with Crippen molar-refractivity contribution in [3.63, 3.8) is 0 Å². The van der Waals surface area contributed by atoms with Gasteiger partial charge in [-0.05, 0) is 12.1 Å². The van der Waals surface area contributed by atoms with E-state index < -0.39 is 43.9 Å². The second kappa shape index (κ2) is 6.82. The first-order valence-electron chi connectivity index (χ1n) is 6.21. The number of halogens is 1. The Labute approximate surface area is 121 Å². The summed E-state index contributed by atoms with van der Waals surface area (Å²) in [6.07, 6.45) is -5.65. The molecule has 1 aromatic carbocycles. The van der Waals surface area contributed by atoms with E-state index in [0.717, 1.165) is 0 Å². The highest BCUT2D eigenvalue weighted by molar-refractivity contribution is 6.30. The predicted molar refractivity (Wildman–Crippen MR) is 70.1 cm³/mol. The molecule has 0 aromatic heterocycles. The van der Waals surface area contributed by atoms with E-state index in [1.807, 2.05) is 0 Å². The molecule has 5 atom stereocenters. The lowest BCUT2D eigenvalue weighted by Crippen LogP contribution is -2.45. The average Bonchev–Trinajstić information content (AvgIpc) is 2.58. The van der Waals surface area contributed by atoms with Crippen LogP contribution in [-0.2, 0) is 9.47 Å². The van der Waals surface area contributed by atoms with E-state index in [9.17, 15) is 20.4 Å². The van der Waals surface area contributed by atoms with Gasteiger partial charge in [0, 0.05) is 10.6 Å². The third-order valence-electron chi connectivity index (χ3n) is 3.21. The first-order valence-corrected chi connectivity index (χ1v) is 6.59. The molecule has 112 valence electrons. The minimum atomic E-state index is -1.35. The van der Waals surface area contributed by atoms with E-state index in [-0.39, 0.29) is 0 Å². The smallest absolute Gasteiger partial charge is 0.184 e. The molecule has 6 nitrogen and oxygen atoms in total. The second-order valence-electron chi connectivity index (χ2n) is 4.58. The Bertz CT molecular complexity index is 407. The number of benzene rings is 1. The lowest BCUT2D eigenvalue weighted by molar-refractivity contribution is -0.199. The van der Waals surface area contributed by atoms with E-state index in [1.165, 1.54) is 0 Å². The first-order chi connectivity index (χ1) is 9.56. The molecule has 1 fully saturated rings. The van der Waals surface area contributed by atoms with Crippen molar-refractivity contribution < 1.29 is 29.9 Å². The molecular formula is C13H17ClO6. The summed E-state index contributed by atoms with van der Waals surface area (Å²) in [6, 6.07) is 6.62. The normalized spacial score (nSPS) is 34.8. The summed E-state index contributed by atoms with van der Waals surface area (Å²) in [5.41, 5.74) is 0.604. The van der Waals surface area contributed by atoms with Crippen molar-refractivity contribution in [3.05, 3.63) is 34.9 Å². The van der Waals surface area contributed by atoms with Crippen molar-refractivity contribution in [1.82, 2.24) is 0 Å². The molecule has 0 amide bonds. The lowest BCUT2D eigenvalue weighted by atomic mass is 10.0. The van der Waals surface area contributed by atoms with Crippen LogP contribution < -0.4 is 0 Å². The van der Waals surface area contributed by atoms with Crippen LogP contribution in [0.15, 0.2) is 24.3 Å². The van der Waals surface area contributed by atoms with Gasteiger partial charge in [0.05, 0.1) is 13.2 Å². The van der Waals surface area contributed by atoms with Gasteiger partial charge in [-0.15, -0.1) is 0 Å². The van der Waals surface area contributed by atoms with Crippen LogP contribution in [0.4, 0.5) is 0 Å². The molecule has 7 heteroatoms. The van der Waals surface area contributed by atoms with Crippen LogP contribution in [0, 0.1) is 0 Å². The van der Waals surface area contributed by atoms with Gasteiger partial charge in [-0.2, -0.15) is 0 Å². The van der Waals surface area contributed by atoms with Crippen molar-refractivity contribution in [2.24, 2.45) is 0 Å². The largest absolute Gasteiger partial charge is 0.394 e. The SMILES string of the molecule is OC[C@@H]1OC(c2ccc(Cl)cc2)O[C@H](CO)[C@H](O)[C@H]1O. The van der Waals surface area contributed by atoms with Crippen molar-refractivity contribution >= 4 is 11.6 Å². The second-order valence-corrected chi connectivity index (χ2v) is 5.02. The summed E-state index contributed by atoms with van der Waals surface area (Å²) in [4.78, 5) is 0. The van der Waals surface area contributed by atoms with Crippen LogP contribution in [0.2, 0.25) is 5.02 Å². The van der Waals surface area contributed by atoms with Gasteiger partial charge in [0.25, 0.3) is 0 Å². The lowest BCUT2D eigenvalue weighted by Gasteiger charge is -2.23. The molecule has 0 radical (unpaired) electrons. The highest BCUT2D eigenvalue weighted by Crippen LogP contribution is 2.29. The maximum atomic E-state index is 9.88. The zero-order valence-electron chi connectivity index (χ0n) is 10.6. The molecule has 0 saturated carbocycles. The Hall–Kier alpha value is -0.730. The number of aliphatic hydroxyl groups excluding tert-OH is 4. The fourth-order valence-electron chi connectivity index (χ4n) is 2.03. The Balaban J connectivity index is 2.25. The van der Waals surface area contributed by atoms with Crippen molar-refractivity contribution in [3.8, 4) is 0 Å². The number of ether oxygens (including phenoxy) is 2. The van der Waals surface area contributed by atoms with Gasteiger partial charge in [-0.25, -0.2) is 0 Å². The molecular weight excluding hydrogens is 288 g/mol. The fraction of sp³-hybridized carbons (Fsp3) is 0.538. The summed E-state index contributed by atoms with van der Waals surface area (Å²) < 4.78 is 10.9. The third kappa shape index (κ3) is 3.29. The minimum absolute atomic E-state index is 0.482. The van der Waals surface area contributed by atoms with Gasteiger partial charge < -0.3 is 29.9 Å². The predicted octanol–water partition coefficient (Wildman–Crippen LogP) is -0.171. The summed E-state index contributed by atoms with van der Waals surface area (Å²) in [6.45, 7) is -0.965. The van der Waals surface area contributed by atoms with Crippen LogP contribution in [0.3, 0.4) is 0 Å². The monoisotopic (exact) mass is 304 g/mol. The summed E-state index contributed by atoms with van der Waals surface area (Å²) in [5, 5.41) is 38.8. The van der Waals surface area contributed by atoms with Crippen molar-refractivity contribution in [1.29, 1.82) is 0 Å². The zero-order chi connectivity index (χ0) is 14.7. The Kier molecular flexibility index (Phi) is 5.34. The van der Waals surface area contributed by atoms with Crippen LogP contribution in [0.25, 0.3) is 0 Å². The Morgan fingerprint density at radius 1 is 0.900 bits per heavy atom. The molecule has 0 aliphatic carbocycles. The van der Waals surface area contributed by atoms with E-state index in [2.05, 4.69) is 0 Å². The molecule has 1 unspecified atom stereocenters. The summed E-state index contributed by atoms with van der Waals surface area (Å²) >= 11 is 5.80. The number of hydrogen-bond donors (Lipinski definition) is 4. The topological polar surface area (TPSA) is 99.4 Å². The van der Waals surface area contributed by atoms with Crippen LogP contribution in [0.5, 0.6) is 0 Å². The molecule has 1 aliphatic rings. The van der Waals surface area contributed by atoms with Gasteiger partial charge in [0.1, 0.15) is 24.4 Å². The average molecular weight is 305 g/mol. The van der Waals surface area contributed by atoms with E-state index in [0.29, 0.717) is 10.6 Å². The molecule has 0 bridgehead atoms. The molecule has 1 aromatic rings. The number of aliphatic hydroxyl groups is 4. The van der Waals surface area contributed by atoms with Gasteiger partial charge >= 0.3 is 0 Å². The Morgan fingerprint density at radius 2 is 1.35 bits per heavy atom. The standard InChI is InChI=1S/C13H17ClO6/c14-8-3-1-7(2-4-8)13-19-9(5-15)11(17)12(18)10(6-16)20-13/h1-4,9-13,15-18H,5-6H2/t9-,10+,11-,12-,13?/m0/s1. The zero-order valence-corrected chi connectivity index (χ0v) is 11.3. The molecule has 4 N–H and O–H groups in total. The summed E-state index contributed by atoms with van der Waals surface area (Å²) in [5.74, 6) is 0. The van der Waals surface area contributed by atoms with Gasteiger partial charge in [-0.1, -0.05) is 23.7 Å². The molecule has 20 heavy (non-hydrogen) atoms. The van der Waals surface area contributed by atoms with Crippen molar-refractivity contribution in [2.45, 2.75) is 30.7 Å². The molecule has 1 heterocycles. The Morgan fingerprint density at radius 3 is 1.75 bits per heavy atom. The van der Waals surface area contributed by atoms with E-state index in [1.54, 1.807) is 24.3 Å². The van der Waals surface area contributed by atoms with Crippen LogP contribution in [0.1, 0.15) is 11.9 Å². The maximum Gasteiger partial charge on any atom is 0.184 e. The third-order valence-corrected chi connectivity index (χ3v) is 3.46. The van der Waals surface area contributed by atoms with Crippen LogP contribution in [-0.4, -0.2) is 58.1 Å². The first kappa shape index (κ1) is 15.7. The molecule has 0 spiro atoms. The molecule has 2 rings (SSSR count).